The lowest BCUT2D eigenvalue weighted by molar-refractivity contribution is 0.716. The van der Waals surface area contributed by atoms with Crippen molar-refractivity contribution in [3.63, 3.8) is 0 Å². The molecular formula is C4H10IN3. The lowest BCUT2D eigenvalue weighted by Gasteiger charge is -2.05. The van der Waals surface area contributed by atoms with Gasteiger partial charge in [0.1, 0.15) is 6.17 Å². The van der Waals surface area contributed by atoms with Gasteiger partial charge in [-0.05, 0) is 7.05 Å². The highest BCUT2D eigenvalue weighted by Gasteiger charge is 1.93. The summed E-state index contributed by atoms with van der Waals surface area (Å²) in [5.41, 5.74) is 0. The fourth-order valence-electron chi connectivity index (χ4n) is 0.306. The minimum atomic E-state index is 0.195. The van der Waals surface area contributed by atoms with Gasteiger partial charge < -0.3 is 0 Å². The summed E-state index contributed by atoms with van der Waals surface area (Å²) in [6, 6.07) is 0. The summed E-state index contributed by atoms with van der Waals surface area (Å²) in [6.45, 7) is 0. The van der Waals surface area contributed by atoms with Crippen LogP contribution < -0.4 is 8.85 Å². The minimum absolute atomic E-state index is 0.195. The number of hydrogen-bond acceptors (Lipinski definition) is 3. The monoisotopic (exact) mass is 227 g/mol. The maximum absolute atomic E-state index is 3.82. The Morgan fingerprint density at radius 1 is 1.75 bits per heavy atom. The lowest BCUT2D eigenvalue weighted by Crippen LogP contribution is -2.35. The van der Waals surface area contributed by atoms with E-state index < -0.39 is 0 Å². The number of halogens is 1. The van der Waals surface area contributed by atoms with E-state index in [2.05, 4.69) is 36.7 Å². The Balaban J connectivity index is 3.36. The number of hydrogen-bond donors (Lipinski definition) is 2. The first kappa shape index (κ1) is 8.32. The molecule has 0 aliphatic carbocycles. The van der Waals surface area contributed by atoms with Crippen molar-refractivity contribution in [3.8, 4) is 0 Å². The smallest absolute Gasteiger partial charge is 0.102 e. The van der Waals surface area contributed by atoms with E-state index in [0.717, 1.165) is 0 Å². The molecule has 0 aliphatic rings. The first-order valence-electron chi connectivity index (χ1n) is 2.31. The molecule has 0 saturated carbocycles. The number of nitrogens with zero attached hydrogens (tertiary/aromatic N) is 1. The molecule has 4 heteroatoms. The molecule has 2 N–H and O–H groups in total. The summed E-state index contributed by atoms with van der Waals surface area (Å²) in [7, 11) is 3.62. The SMILES string of the molecule is C/N=C/C(NC)NI. The van der Waals surface area contributed by atoms with E-state index in [1.165, 1.54) is 0 Å². The molecule has 1 unspecified atom stereocenters. The molecule has 0 spiro atoms. The van der Waals surface area contributed by atoms with Crippen molar-refractivity contribution in [3.05, 3.63) is 0 Å². The highest BCUT2D eigenvalue weighted by atomic mass is 127. The van der Waals surface area contributed by atoms with E-state index in [4.69, 9.17) is 0 Å². The standard InChI is InChI=1S/C4H10IN3/c1-6-3-4(7-2)8-5/h3-4,7-8H,1-2H3/b6-3+. The predicted molar refractivity (Wildman–Crippen MR) is 44.4 cm³/mol. The molecule has 3 nitrogen and oxygen atoms in total. The molecular weight excluding hydrogens is 217 g/mol. The van der Waals surface area contributed by atoms with Crippen molar-refractivity contribution in [2.75, 3.05) is 14.1 Å². The maximum Gasteiger partial charge on any atom is 0.102 e. The third kappa shape index (κ3) is 3.34. The van der Waals surface area contributed by atoms with Crippen molar-refractivity contribution in [1.29, 1.82) is 0 Å². The van der Waals surface area contributed by atoms with E-state index in [-0.39, 0.29) is 6.17 Å². The van der Waals surface area contributed by atoms with Crippen LogP contribution in [0, 0.1) is 0 Å². The molecule has 0 amide bonds. The first-order chi connectivity index (χ1) is 3.85. The Labute approximate surface area is 63.4 Å². The fourth-order valence-corrected chi connectivity index (χ4v) is 0.779. The average Bonchev–Trinajstić information content (AvgIpc) is 1.83. The zero-order chi connectivity index (χ0) is 6.41. The zero-order valence-electron chi connectivity index (χ0n) is 4.98. The lowest BCUT2D eigenvalue weighted by atomic mass is 10.6. The molecule has 8 heavy (non-hydrogen) atoms. The third-order valence-corrected chi connectivity index (χ3v) is 1.40. The third-order valence-electron chi connectivity index (χ3n) is 0.727. The molecule has 48 valence electrons. The van der Waals surface area contributed by atoms with E-state index in [1.807, 2.05) is 7.05 Å². The molecule has 1 atom stereocenters. The van der Waals surface area contributed by atoms with Crippen LogP contribution in [0.1, 0.15) is 0 Å². The molecule has 0 aromatic heterocycles. The topological polar surface area (TPSA) is 36.4 Å². The Morgan fingerprint density at radius 2 is 2.38 bits per heavy atom. The molecule has 0 saturated heterocycles. The zero-order valence-corrected chi connectivity index (χ0v) is 7.14. The van der Waals surface area contributed by atoms with Crippen LogP contribution in [0.4, 0.5) is 0 Å². The second-order valence-corrected chi connectivity index (χ2v) is 1.91. The van der Waals surface area contributed by atoms with E-state index in [0.29, 0.717) is 0 Å². The maximum atomic E-state index is 3.82. The van der Waals surface area contributed by atoms with Crippen LogP contribution in [-0.4, -0.2) is 26.5 Å². The number of aliphatic imine (C=N–C) groups is 1. The summed E-state index contributed by atoms with van der Waals surface area (Å²) >= 11 is 2.07. The predicted octanol–water partition coefficient (Wildman–Crippen LogP) is 0.172. The molecule has 0 heterocycles. The van der Waals surface area contributed by atoms with Gasteiger partial charge >= 0.3 is 0 Å². The number of rotatable bonds is 3. The van der Waals surface area contributed by atoms with Gasteiger partial charge in [0.2, 0.25) is 0 Å². The molecule has 0 bridgehead atoms. The summed E-state index contributed by atoms with van der Waals surface area (Å²) in [5.74, 6) is 0. The van der Waals surface area contributed by atoms with Gasteiger partial charge in [-0.1, -0.05) is 0 Å². The van der Waals surface area contributed by atoms with E-state index in [1.54, 1.807) is 13.3 Å². The Bertz CT molecular complexity index is 69.7. The minimum Gasteiger partial charge on any atom is -0.300 e. The fraction of sp³-hybridized carbons (Fsp3) is 0.750. The van der Waals surface area contributed by atoms with Crippen molar-refractivity contribution in [1.82, 2.24) is 8.85 Å². The highest BCUT2D eigenvalue weighted by molar-refractivity contribution is 14.1. The molecule has 0 fully saturated rings. The van der Waals surface area contributed by atoms with Crippen molar-refractivity contribution in [2.45, 2.75) is 6.17 Å². The van der Waals surface area contributed by atoms with Crippen molar-refractivity contribution in [2.24, 2.45) is 4.99 Å². The van der Waals surface area contributed by atoms with Gasteiger partial charge in [-0.2, -0.15) is 0 Å². The highest BCUT2D eigenvalue weighted by Crippen LogP contribution is 1.74. The van der Waals surface area contributed by atoms with Crippen LogP contribution in [0.25, 0.3) is 0 Å². The largest absolute Gasteiger partial charge is 0.300 e. The Morgan fingerprint density at radius 3 is 2.50 bits per heavy atom. The second kappa shape index (κ2) is 5.46. The Hall–Kier alpha value is 0.320. The van der Waals surface area contributed by atoms with Crippen LogP contribution in [0.2, 0.25) is 0 Å². The first-order valence-corrected chi connectivity index (χ1v) is 3.38. The van der Waals surface area contributed by atoms with Crippen LogP contribution in [0.3, 0.4) is 0 Å². The van der Waals surface area contributed by atoms with Crippen LogP contribution in [-0.2, 0) is 0 Å². The van der Waals surface area contributed by atoms with Gasteiger partial charge in [-0.3, -0.25) is 10.3 Å². The van der Waals surface area contributed by atoms with Crippen LogP contribution >= 0.6 is 22.9 Å². The molecule has 0 aromatic rings. The van der Waals surface area contributed by atoms with Gasteiger partial charge in [0.15, 0.2) is 0 Å². The normalized spacial score (nSPS) is 14.9. The van der Waals surface area contributed by atoms with E-state index >= 15 is 0 Å². The van der Waals surface area contributed by atoms with Crippen LogP contribution in [0.15, 0.2) is 4.99 Å². The number of nitrogens with one attached hydrogen (secondary N) is 2. The Kier molecular flexibility index (Phi) is 5.67. The summed E-state index contributed by atoms with van der Waals surface area (Å²) < 4.78 is 2.96. The summed E-state index contributed by atoms with van der Waals surface area (Å²) in [6.07, 6.45) is 1.99. The molecule has 0 aliphatic heterocycles. The van der Waals surface area contributed by atoms with Gasteiger partial charge in [0.25, 0.3) is 0 Å². The average molecular weight is 227 g/mol. The molecule has 0 rings (SSSR count). The summed E-state index contributed by atoms with van der Waals surface area (Å²) in [5, 5.41) is 2.98. The molecule has 0 radical (unpaired) electrons. The van der Waals surface area contributed by atoms with Gasteiger partial charge in [-0.15, -0.1) is 0 Å². The van der Waals surface area contributed by atoms with Gasteiger partial charge in [0, 0.05) is 36.1 Å². The van der Waals surface area contributed by atoms with E-state index in [9.17, 15) is 0 Å². The van der Waals surface area contributed by atoms with Crippen LogP contribution in [0.5, 0.6) is 0 Å². The van der Waals surface area contributed by atoms with Gasteiger partial charge in [0.05, 0.1) is 0 Å². The molecule has 0 aromatic carbocycles. The summed E-state index contributed by atoms with van der Waals surface area (Å²) in [4.78, 5) is 3.82. The van der Waals surface area contributed by atoms with Gasteiger partial charge in [-0.25, -0.2) is 3.53 Å². The van der Waals surface area contributed by atoms with Crippen molar-refractivity contribution < 1.29 is 0 Å². The quantitative estimate of drug-likeness (QED) is 0.312. The van der Waals surface area contributed by atoms with Crippen molar-refractivity contribution >= 4 is 29.1 Å². The second-order valence-electron chi connectivity index (χ2n) is 1.28.